The Kier molecular flexibility index (Phi) is 6.08. The van der Waals surface area contributed by atoms with E-state index in [2.05, 4.69) is 15.6 Å². The molecule has 136 valence electrons. The van der Waals surface area contributed by atoms with Crippen LogP contribution in [0.25, 0.3) is 0 Å². The lowest BCUT2D eigenvalue weighted by Gasteiger charge is -2.32. The van der Waals surface area contributed by atoms with Crippen molar-refractivity contribution in [3.8, 4) is 0 Å². The first-order chi connectivity index (χ1) is 10.9. The first-order valence-corrected chi connectivity index (χ1v) is 7.93. The van der Waals surface area contributed by atoms with Crippen LogP contribution >= 0.6 is 12.4 Å². The molecule has 2 aliphatic heterocycles. The van der Waals surface area contributed by atoms with Crippen molar-refractivity contribution >= 4 is 18.3 Å². The molecule has 0 unspecified atom stereocenters. The van der Waals surface area contributed by atoms with Crippen LogP contribution in [-0.4, -0.2) is 58.2 Å². The summed E-state index contributed by atoms with van der Waals surface area (Å²) < 4.78 is 39.7. The number of carbonyl (C=O) groups excluding carboxylic acids is 1. The number of piperidine rings is 2. The van der Waals surface area contributed by atoms with Gasteiger partial charge in [-0.05, 0) is 38.8 Å². The Hall–Kier alpha value is -1.35. The van der Waals surface area contributed by atoms with E-state index < -0.39 is 12.1 Å². The van der Waals surface area contributed by atoms with Crippen molar-refractivity contribution in [3.05, 3.63) is 11.9 Å². The average molecular weight is 368 g/mol. The number of alkyl halides is 3. The first kappa shape index (κ1) is 19.0. The maximum atomic E-state index is 12.7. The number of halogens is 4. The van der Waals surface area contributed by atoms with Gasteiger partial charge in [-0.25, -0.2) is 4.68 Å². The highest BCUT2D eigenvalue weighted by Gasteiger charge is 2.42. The smallest absolute Gasteiger partial charge is 0.337 e. The maximum Gasteiger partial charge on any atom is 0.391 e. The summed E-state index contributed by atoms with van der Waals surface area (Å²) in [4.78, 5) is 13.8. The second-order valence-corrected chi connectivity index (χ2v) is 6.17. The van der Waals surface area contributed by atoms with E-state index >= 15 is 0 Å². The van der Waals surface area contributed by atoms with E-state index in [-0.39, 0.29) is 56.0 Å². The van der Waals surface area contributed by atoms with Crippen LogP contribution in [0.2, 0.25) is 0 Å². The molecule has 0 bridgehead atoms. The molecule has 3 heterocycles. The molecule has 0 spiro atoms. The number of hydrogen-bond donors (Lipinski definition) is 1. The van der Waals surface area contributed by atoms with Crippen LogP contribution in [0.3, 0.4) is 0 Å². The number of nitrogens with zero attached hydrogens (tertiary/aromatic N) is 4. The van der Waals surface area contributed by atoms with Crippen LogP contribution in [0.1, 0.15) is 42.2 Å². The van der Waals surface area contributed by atoms with Gasteiger partial charge in [0, 0.05) is 13.1 Å². The lowest BCUT2D eigenvalue weighted by molar-refractivity contribution is -0.183. The van der Waals surface area contributed by atoms with E-state index in [1.807, 2.05) is 0 Å². The van der Waals surface area contributed by atoms with Gasteiger partial charge in [0.25, 0.3) is 5.91 Å². The third kappa shape index (κ3) is 4.18. The standard InChI is InChI=1S/C14H20F3N5O.ClH/c15-14(16,17)10-3-7-21(8-4-10)13(23)12-9-22(20-19-12)11-1-5-18-6-2-11;/h9-11,18H,1-8H2;1H. The molecule has 2 saturated heterocycles. The van der Waals surface area contributed by atoms with Crippen LogP contribution in [-0.2, 0) is 0 Å². The van der Waals surface area contributed by atoms with E-state index in [4.69, 9.17) is 0 Å². The summed E-state index contributed by atoms with van der Waals surface area (Å²) in [6.45, 7) is 2.03. The molecule has 6 nitrogen and oxygen atoms in total. The lowest BCUT2D eigenvalue weighted by atomic mass is 9.96. The highest BCUT2D eigenvalue weighted by atomic mass is 35.5. The van der Waals surface area contributed by atoms with E-state index in [9.17, 15) is 18.0 Å². The highest BCUT2D eigenvalue weighted by Crippen LogP contribution is 2.34. The molecule has 1 amide bonds. The summed E-state index contributed by atoms with van der Waals surface area (Å²) in [7, 11) is 0. The van der Waals surface area contributed by atoms with Gasteiger partial charge in [0.2, 0.25) is 0 Å². The number of hydrogen-bond acceptors (Lipinski definition) is 4. The summed E-state index contributed by atoms with van der Waals surface area (Å²) in [5.74, 6) is -1.64. The Morgan fingerprint density at radius 2 is 1.79 bits per heavy atom. The topological polar surface area (TPSA) is 63.1 Å². The van der Waals surface area contributed by atoms with Crippen molar-refractivity contribution in [2.45, 2.75) is 37.9 Å². The number of carbonyl (C=O) groups is 1. The van der Waals surface area contributed by atoms with Crippen molar-refractivity contribution in [2.24, 2.45) is 5.92 Å². The number of nitrogens with one attached hydrogen (secondary N) is 1. The Morgan fingerprint density at radius 1 is 1.17 bits per heavy atom. The van der Waals surface area contributed by atoms with Crippen molar-refractivity contribution < 1.29 is 18.0 Å². The van der Waals surface area contributed by atoms with Crippen molar-refractivity contribution in [2.75, 3.05) is 26.2 Å². The lowest BCUT2D eigenvalue weighted by Crippen LogP contribution is -2.42. The van der Waals surface area contributed by atoms with Gasteiger partial charge in [-0.2, -0.15) is 13.2 Å². The molecule has 3 rings (SSSR count). The van der Waals surface area contributed by atoms with Gasteiger partial charge in [0.1, 0.15) is 0 Å². The van der Waals surface area contributed by atoms with Gasteiger partial charge >= 0.3 is 6.18 Å². The van der Waals surface area contributed by atoms with E-state index in [0.717, 1.165) is 25.9 Å². The quantitative estimate of drug-likeness (QED) is 0.869. The molecule has 10 heteroatoms. The second-order valence-electron chi connectivity index (χ2n) is 6.17. The molecule has 0 radical (unpaired) electrons. The Morgan fingerprint density at radius 3 is 2.38 bits per heavy atom. The number of likely N-dealkylation sites (tertiary alicyclic amines) is 1. The predicted octanol–water partition coefficient (Wildman–Crippen LogP) is 2.04. The average Bonchev–Trinajstić information content (AvgIpc) is 3.04. The summed E-state index contributed by atoms with van der Waals surface area (Å²) >= 11 is 0. The monoisotopic (exact) mass is 367 g/mol. The fraction of sp³-hybridized carbons (Fsp3) is 0.786. The van der Waals surface area contributed by atoms with Gasteiger partial charge in [0.15, 0.2) is 5.69 Å². The number of rotatable bonds is 2. The second kappa shape index (κ2) is 7.69. The number of amides is 1. The van der Waals surface area contributed by atoms with Crippen molar-refractivity contribution in [1.82, 2.24) is 25.2 Å². The van der Waals surface area contributed by atoms with Gasteiger partial charge in [-0.15, -0.1) is 17.5 Å². The van der Waals surface area contributed by atoms with Crippen LogP contribution in [0.5, 0.6) is 0 Å². The SMILES string of the molecule is Cl.O=C(c1cn(C2CCNCC2)nn1)N1CCC(C(F)(F)F)CC1. The molecule has 0 atom stereocenters. The number of aromatic nitrogens is 3. The van der Waals surface area contributed by atoms with Crippen LogP contribution in [0, 0.1) is 5.92 Å². The van der Waals surface area contributed by atoms with Gasteiger partial charge in [0.05, 0.1) is 18.2 Å². The first-order valence-electron chi connectivity index (χ1n) is 7.93. The fourth-order valence-corrected chi connectivity index (χ4v) is 3.20. The van der Waals surface area contributed by atoms with E-state index in [1.54, 1.807) is 10.9 Å². The molecule has 0 saturated carbocycles. The predicted molar refractivity (Wildman–Crippen MR) is 83.1 cm³/mol. The molecule has 2 aliphatic rings. The third-order valence-electron chi connectivity index (χ3n) is 4.66. The van der Waals surface area contributed by atoms with Crippen LogP contribution < -0.4 is 5.32 Å². The van der Waals surface area contributed by atoms with Gasteiger partial charge in [-0.1, -0.05) is 5.21 Å². The van der Waals surface area contributed by atoms with Crippen LogP contribution in [0.4, 0.5) is 13.2 Å². The zero-order chi connectivity index (χ0) is 16.4. The Balaban J connectivity index is 0.00000208. The maximum absolute atomic E-state index is 12.7. The van der Waals surface area contributed by atoms with Gasteiger partial charge < -0.3 is 10.2 Å². The molecule has 1 aromatic rings. The molecule has 2 fully saturated rings. The molecule has 0 aliphatic carbocycles. The fourth-order valence-electron chi connectivity index (χ4n) is 3.20. The molecule has 24 heavy (non-hydrogen) atoms. The minimum atomic E-state index is -4.17. The largest absolute Gasteiger partial charge is 0.391 e. The van der Waals surface area contributed by atoms with E-state index in [1.165, 1.54) is 4.90 Å². The summed E-state index contributed by atoms with van der Waals surface area (Å²) in [5, 5.41) is 11.2. The molecular weight excluding hydrogens is 347 g/mol. The summed E-state index contributed by atoms with van der Waals surface area (Å²) in [6.07, 6.45) is -0.793. The van der Waals surface area contributed by atoms with E-state index in [0.29, 0.717) is 0 Å². The Bertz CT molecular complexity index is 551. The Labute approximate surface area is 144 Å². The normalized spacial score (nSPS) is 20.7. The van der Waals surface area contributed by atoms with Gasteiger partial charge in [-0.3, -0.25) is 4.79 Å². The minimum absolute atomic E-state index is 0. The molecular formula is C14H21ClF3N5O. The highest BCUT2D eigenvalue weighted by molar-refractivity contribution is 5.92. The summed E-state index contributed by atoms with van der Waals surface area (Å²) in [5.41, 5.74) is 0.217. The zero-order valence-electron chi connectivity index (χ0n) is 13.1. The van der Waals surface area contributed by atoms with Crippen molar-refractivity contribution in [1.29, 1.82) is 0 Å². The third-order valence-corrected chi connectivity index (χ3v) is 4.66. The van der Waals surface area contributed by atoms with Crippen molar-refractivity contribution in [3.63, 3.8) is 0 Å². The molecule has 0 aromatic carbocycles. The molecule has 1 N–H and O–H groups in total. The zero-order valence-corrected chi connectivity index (χ0v) is 13.9. The van der Waals surface area contributed by atoms with Crippen LogP contribution in [0.15, 0.2) is 6.20 Å². The molecule has 1 aromatic heterocycles. The summed E-state index contributed by atoms with van der Waals surface area (Å²) in [6, 6.07) is 0.223. The minimum Gasteiger partial charge on any atom is -0.337 e.